The minimum Gasteiger partial charge on any atom is -0.497 e. The van der Waals surface area contributed by atoms with E-state index >= 15 is 0 Å². The molecule has 0 aliphatic carbocycles. The zero-order valence-electron chi connectivity index (χ0n) is 15.5. The predicted octanol–water partition coefficient (Wildman–Crippen LogP) is 3.85. The van der Waals surface area contributed by atoms with Crippen LogP contribution >= 0.6 is 0 Å². The van der Waals surface area contributed by atoms with Gasteiger partial charge in [0.2, 0.25) is 0 Å². The van der Waals surface area contributed by atoms with Crippen LogP contribution in [0.4, 0.5) is 5.95 Å². The summed E-state index contributed by atoms with van der Waals surface area (Å²) in [5, 5.41) is 14.4. The van der Waals surface area contributed by atoms with E-state index in [1.165, 1.54) is 11.7 Å². The third kappa shape index (κ3) is 3.74. The van der Waals surface area contributed by atoms with Crippen molar-refractivity contribution in [3.05, 3.63) is 69.8 Å². The number of rotatable bonds is 6. The lowest BCUT2D eigenvalue weighted by Crippen LogP contribution is -2.18. The lowest BCUT2D eigenvalue weighted by atomic mass is 9.78. The van der Waals surface area contributed by atoms with Crippen molar-refractivity contribution in [2.45, 2.75) is 19.3 Å². The van der Waals surface area contributed by atoms with E-state index in [0.29, 0.717) is 5.75 Å². The van der Waals surface area contributed by atoms with E-state index in [1.807, 2.05) is 36.4 Å². The molecular weight excluding hydrogens is 348 g/mol. The van der Waals surface area contributed by atoms with Crippen molar-refractivity contribution < 1.29 is 14.4 Å². The van der Waals surface area contributed by atoms with Crippen molar-refractivity contribution in [3.8, 4) is 17.5 Å². The molecule has 140 valence electrons. The van der Waals surface area contributed by atoms with Gasteiger partial charge in [0.25, 0.3) is 0 Å². The SMILES string of the molecule is COc1ccc(C(C)(C)c2ccc(Oc3nc([N+](=O)[O-])nn3C)cc2)cc1. The van der Waals surface area contributed by atoms with Crippen LogP contribution in [0, 0.1) is 10.1 Å². The molecule has 0 saturated heterocycles. The normalized spacial score (nSPS) is 11.3. The third-order valence-electron chi connectivity index (χ3n) is 4.47. The Balaban J connectivity index is 1.80. The van der Waals surface area contributed by atoms with E-state index in [4.69, 9.17) is 9.47 Å². The summed E-state index contributed by atoms with van der Waals surface area (Å²) in [6.07, 6.45) is 0. The molecule has 0 aliphatic heterocycles. The highest BCUT2D eigenvalue weighted by Gasteiger charge is 2.24. The largest absolute Gasteiger partial charge is 0.497 e. The molecule has 1 heterocycles. The summed E-state index contributed by atoms with van der Waals surface area (Å²) in [5.41, 5.74) is 2.04. The van der Waals surface area contributed by atoms with E-state index in [0.717, 1.165) is 16.9 Å². The topological polar surface area (TPSA) is 92.3 Å². The molecule has 0 spiro atoms. The molecule has 0 bridgehead atoms. The van der Waals surface area contributed by atoms with Crippen molar-refractivity contribution in [1.82, 2.24) is 14.8 Å². The lowest BCUT2D eigenvalue weighted by molar-refractivity contribution is -0.394. The first kappa shape index (κ1) is 18.4. The molecule has 0 amide bonds. The standard InChI is InChI=1S/C19H20N4O4/c1-19(2,13-5-9-15(26-4)10-6-13)14-7-11-16(12-8-14)27-18-20-17(23(24)25)21-22(18)3/h5-12H,1-4H3. The average molecular weight is 368 g/mol. The van der Waals surface area contributed by atoms with Gasteiger partial charge >= 0.3 is 12.0 Å². The van der Waals surface area contributed by atoms with Gasteiger partial charge in [0.15, 0.2) is 0 Å². The van der Waals surface area contributed by atoms with E-state index in [9.17, 15) is 10.1 Å². The lowest BCUT2D eigenvalue weighted by Gasteiger charge is -2.26. The van der Waals surface area contributed by atoms with E-state index in [-0.39, 0.29) is 11.4 Å². The van der Waals surface area contributed by atoms with Crippen LogP contribution in [0.5, 0.6) is 17.5 Å². The van der Waals surface area contributed by atoms with Crippen molar-refractivity contribution in [2.24, 2.45) is 7.05 Å². The second-order valence-corrected chi connectivity index (χ2v) is 6.56. The molecular formula is C19H20N4O4. The van der Waals surface area contributed by atoms with Gasteiger partial charge in [-0.15, -0.1) is 4.68 Å². The van der Waals surface area contributed by atoms with Crippen LogP contribution in [0.15, 0.2) is 48.5 Å². The predicted molar refractivity (Wildman–Crippen MR) is 99.3 cm³/mol. The maximum absolute atomic E-state index is 10.8. The van der Waals surface area contributed by atoms with Gasteiger partial charge in [-0.05, 0) is 45.3 Å². The van der Waals surface area contributed by atoms with Gasteiger partial charge in [0, 0.05) is 10.5 Å². The molecule has 8 nitrogen and oxygen atoms in total. The first-order valence-electron chi connectivity index (χ1n) is 8.29. The van der Waals surface area contributed by atoms with Gasteiger partial charge in [-0.25, -0.2) is 0 Å². The number of methoxy groups -OCH3 is 1. The highest BCUT2D eigenvalue weighted by Crippen LogP contribution is 2.33. The molecule has 0 fully saturated rings. The monoisotopic (exact) mass is 368 g/mol. The zero-order chi connectivity index (χ0) is 19.6. The summed E-state index contributed by atoms with van der Waals surface area (Å²) in [6.45, 7) is 4.27. The fraction of sp³-hybridized carbons (Fsp3) is 0.263. The molecule has 0 radical (unpaired) electrons. The fourth-order valence-corrected chi connectivity index (χ4v) is 2.74. The van der Waals surface area contributed by atoms with Crippen molar-refractivity contribution in [3.63, 3.8) is 0 Å². The van der Waals surface area contributed by atoms with Crippen molar-refractivity contribution in [2.75, 3.05) is 7.11 Å². The van der Waals surface area contributed by atoms with Crippen LogP contribution in [-0.4, -0.2) is 26.8 Å². The molecule has 0 N–H and O–H groups in total. The van der Waals surface area contributed by atoms with Crippen LogP contribution < -0.4 is 9.47 Å². The Labute approximate surface area is 156 Å². The molecule has 2 aromatic carbocycles. The second kappa shape index (κ2) is 7.06. The van der Waals surface area contributed by atoms with Gasteiger partial charge in [-0.2, -0.15) is 0 Å². The Kier molecular flexibility index (Phi) is 4.81. The Morgan fingerprint density at radius 1 is 1.00 bits per heavy atom. The smallest absolute Gasteiger partial charge is 0.494 e. The van der Waals surface area contributed by atoms with E-state index in [1.54, 1.807) is 19.2 Å². The van der Waals surface area contributed by atoms with E-state index in [2.05, 4.69) is 23.9 Å². The summed E-state index contributed by atoms with van der Waals surface area (Å²) in [7, 11) is 3.18. The number of nitrogens with zero attached hydrogens (tertiary/aromatic N) is 4. The molecule has 27 heavy (non-hydrogen) atoms. The first-order chi connectivity index (χ1) is 12.8. The van der Waals surface area contributed by atoms with Crippen molar-refractivity contribution in [1.29, 1.82) is 0 Å². The quantitative estimate of drug-likeness (QED) is 0.485. The third-order valence-corrected chi connectivity index (χ3v) is 4.47. The highest BCUT2D eigenvalue weighted by atomic mass is 16.6. The molecule has 0 aliphatic rings. The van der Waals surface area contributed by atoms with Gasteiger partial charge in [0.05, 0.1) is 14.2 Å². The van der Waals surface area contributed by atoms with Crippen LogP contribution in [0.3, 0.4) is 0 Å². The number of hydrogen-bond acceptors (Lipinski definition) is 6. The van der Waals surface area contributed by atoms with Crippen LogP contribution in [0.2, 0.25) is 0 Å². The summed E-state index contributed by atoms with van der Waals surface area (Å²) >= 11 is 0. The second-order valence-electron chi connectivity index (χ2n) is 6.56. The summed E-state index contributed by atoms with van der Waals surface area (Å²) in [6, 6.07) is 15.6. The first-order valence-corrected chi connectivity index (χ1v) is 8.29. The number of benzene rings is 2. The molecule has 8 heteroatoms. The van der Waals surface area contributed by atoms with Crippen molar-refractivity contribution >= 4 is 5.95 Å². The number of aromatic nitrogens is 3. The van der Waals surface area contributed by atoms with Gasteiger partial charge in [0.1, 0.15) is 11.5 Å². The molecule has 1 aromatic heterocycles. The molecule has 3 aromatic rings. The Bertz CT molecular complexity index is 947. The molecule has 0 unspecified atom stereocenters. The Morgan fingerprint density at radius 3 is 1.96 bits per heavy atom. The average Bonchev–Trinajstić information content (AvgIpc) is 3.03. The minimum atomic E-state index is -0.659. The number of ether oxygens (including phenoxy) is 2. The fourth-order valence-electron chi connectivity index (χ4n) is 2.74. The van der Waals surface area contributed by atoms with Crippen LogP contribution in [0.25, 0.3) is 0 Å². The van der Waals surface area contributed by atoms with Crippen LogP contribution in [0.1, 0.15) is 25.0 Å². The summed E-state index contributed by atoms with van der Waals surface area (Å²) in [4.78, 5) is 13.9. The van der Waals surface area contributed by atoms with Crippen LogP contribution in [-0.2, 0) is 12.5 Å². The number of hydrogen-bond donors (Lipinski definition) is 0. The Hall–Kier alpha value is -3.42. The van der Waals surface area contributed by atoms with Gasteiger partial charge in [-0.1, -0.05) is 38.1 Å². The summed E-state index contributed by atoms with van der Waals surface area (Å²) in [5.74, 6) is 0.843. The zero-order valence-corrected chi connectivity index (χ0v) is 15.5. The highest BCUT2D eigenvalue weighted by molar-refractivity contribution is 5.42. The minimum absolute atomic E-state index is 0.0591. The van der Waals surface area contributed by atoms with Gasteiger partial charge in [-0.3, -0.25) is 0 Å². The van der Waals surface area contributed by atoms with E-state index < -0.39 is 10.9 Å². The molecule has 0 saturated carbocycles. The molecule has 3 rings (SSSR count). The number of aryl methyl sites for hydroxylation is 1. The maximum Gasteiger partial charge on any atom is 0.494 e. The maximum atomic E-state index is 10.8. The Morgan fingerprint density at radius 2 is 1.52 bits per heavy atom. The summed E-state index contributed by atoms with van der Waals surface area (Å²) < 4.78 is 12.1. The molecule has 0 atom stereocenters. The van der Waals surface area contributed by atoms with Gasteiger partial charge < -0.3 is 19.6 Å². The number of nitro groups is 1.